The van der Waals surface area contributed by atoms with Crippen LogP contribution >= 0.6 is 22.7 Å². The molecular formula is C13H17N5OS2. The molecule has 8 heteroatoms. The lowest BCUT2D eigenvalue weighted by atomic mass is 10.4. The molecule has 1 aliphatic heterocycles. The lowest BCUT2D eigenvalue weighted by molar-refractivity contribution is 0.0789. The summed E-state index contributed by atoms with van der Waals surface area (Å²) in [6, 6.07) is 0. The molecule has 0 radical (unpaired) electrons. The molecule has 6 nitrogen and oxygen atoms in total. The first kappa shape index (κ1) is 14.3. The van der Waals surface area contributed by atoms with Gasteiger partial charge in [0.1, 0.15) is 10.7 Å². The molecule has 0 aromatic carbocycles. The number of amides is 1. The van der Waals surface area contributed by atoms with Crippen LogP contribution < -0.4 is 10.6 Å². The van der Waals surface area contributed by atoms with Crippen LogP contribution in [0.25, 0.3) is 0 Å². The predicted molar refractivity (Wildman–Crippen MR) is 85.9 cm³/mol. The van der Waals surface area contributed by atoms with Crippen molar-refractivity contribution in [2.75, 3.05) is 30.8 Å². The zero-order valence-electron chi connectivity index (χ0n) is 11.8. The summed E-state index contributed by atoms with van der Waals surface area (Å²) >= 11 is 2.91. The van der Waals surface area contributed by atoms with E-state index >= 15 is 0 Å². The summed E-state index contributed by atoms with van der Waals surface area (Å²) in [5.41, 5.74) is 8.58. The number of nitrogen functional groups attached to an aromatic ring is 1. The van der Waals surface area contributed by atoms with Gasteiger partial charge in [0.15, 0.2) is 5.13 Å². The maximum atomic E-state index is 12.5. The van der Waals surface area contributed by atoms with E-state index in [0.29, 0.717) is 17.2 Å². The highest BCUT2D eigenvalue weighted by molar-refractivity contribution is 7.18. The average Bonchev–Trinajstić information content (AvgIpc) is 3.18. The van der Waals surface area contributed by atoms with Crippen LogP contribution in [-0.2, 0) is 6.54 Å². The van der Waals surface area contributed by atoms with Crippen molar-refractivity contribution in [3.05, 3.63) is 21.5 Å². The van der Waals surface area contributed by atoms with Gasteiger partial charge in [0.2, 0.25) is 0 Å². The average molecular weight is 323 g/mol. The molecule has 2 N–H and O–H groups in total. The molecule has 1 saturated heterocycles. The van der Waals surface area contributed by atoms with Gasteiger partial charge in [-0.15, -0.1) is 11.3 Å². The van der Waals surface area contributed by atoms with Crippen molar-refractivity contribution in [3.8, 4) is 0 Å². The molecule has 3 rings (SSSR count). The van der Waals surface area contributed by atoms with Gasteiger partial charge in [0, 0.05) is 25.5 Å². The lowest BCUT2D eigenvalue weighted by Gasteiger charge is -2.15. The fraction of sp³-hybridized carbons (Fsp3) is 0.462. The predicted octanol–water partition coefficient (Wildman–Crippen LogP) is 2.05. The van der Waals surface area contributed by atoms with Crippen molar-refractivity contribution in [1.29, 1.82) is 0 Å². The zero-order valence-corrected chi connectivity index (χ0v) is 13.4. The van der Waals surface area contributed by atoms with Crippen LogP contribution in [0.4, 0.5) is 10.9 Å². The number of nitrogens with zero attached hydrogens (tertiary/aromatic N) is 4. The van der Waals surface area contributed by atoms with E-state index in [2.05, 4.69) is 14.9 Å². The van der Waals surface area contributed by atoms with Gasteiger partial charge in [-0.25, -0.2) is 9.97 Å². The van der Waals surface area contributed by atoms with Gasteiger partial charge in [0.05, 0.1) is 17.7 Å². The fourth-order valence-electron chi connectivity index (χ4n) is 2.32. The molecule has 0 saturated carbocycles. The maximum Gasteiger partial charge on any atom is 0.267 e. The standard InChI is InChI=1S/C13H17N5OS2/c1-17(6-9-7-20-8-15-9)12(19)10-11(14)16-13(21-10)18-4-2-3-5-18/h7-8H,2-6,14H2,1H3. The summed E-state index contributed by atoms with van der Waals surface area (Å²) in [4.78, 5) is 25.4. The molecule has 0 aliphatic carbocycles. The number of nitrogens with two attached hydrogens (primary N) is 1. The minimum Gasteiger partial charge on any atom is -0.382 e. The molecule has 0 atom stereocenters. The molecular weight excluding hydrogens is 306 g/mol. The monoisotopic (exact) mass is 323 g/mol. The number of carbonyl (C=O) groups excluding carboxylic acids is 1. The normalized spacial score (nSPS) is 14.6. The third kappa shape index (κ3) is 3.01. The van der Waals surface area contributed by atoms with E-state index in [1.54, 1.807) is 17.5 Å². The molecule has 1 fully saturated rings. The highest BCUT2D eigenvalue weighted by Gasteiger charge is 2.23. The Labute approximate surface area is 131 Å². The second-order valence-electron chi connectivity index (χ2n) is 5.05. The van der Waals surface area contributed by atoms with Crippen LogP contribution in [0.15, 0.2) is 10.9 Å². The minimum atomic E-state index is -0.0940. The number of anilines is 2. The van der Waals surface area contributed by atoms with Crippen molar-refractivity contribution >= 4 is 39.5 Å². The van der Waals surface area contributed by atoms with Gasteiger partial charge in [-0.2, -0.15) is 0 Å². The summed E-state index contributed by atoms with van der Waals surface area (Å²) in [5.74, 6) is 0.237. The van der Waals surface area contributed by atoms with E-state index in [4.69, 9.17) is 5.73 Å². The van der Waals surface area contributed by atoms with E-state index in [0.717, 1.165) is 23.9 Å². The van der Waals surface area contributed by atoms with Gasteiger partial charge in [-0.1, -0.05) is 11.3 Å². The number of carbonyl (C=O) groups is 1. The highest BCUT2D eigenvalue weighted by atomic mass is 32.1. The number of aromatic nitrogens is 2. The van der Waals surface area contributed by atoms with E-state index in [1.165, 1.54) is 35.5 Å². The van der Waals surface area contributed by atoms with Crippen molar-refractivity contribution in [2.24, 2.45) is 0 Å². The summed E-state index contributed by atoms with van der Waals surface area (Å²) in [7, 11) is 1.76. The molecule has 0 bridgehead atoms. The Bertz CT molecular complexity index is 619. The van der Waals surface area contributed by atoms with Crippen LogP contribution in [0.5, 0.6) is 0 Å². The molecule has 0 spiro atoms. The third-order valence-electron chi connectivity index (χ3n) is 3.44. The largest absolute Gasteiger partial charge is 0.382 e. The second-order valence-corrected chi connectivity index (χ2v) is 6.74. The molecule has 2 aromatic rings. The maximum absolute atomic E-state index is 12.5. The molecule has 112 valence electrons. The highest BCUT2D eigenvalue weighted by Crippen LogP contribution is 2.31. The Kier molecular flexibility index (Phi) is 4.07. The van der Waals surface area contributed by atoms with Crippen molar-refractivity contribution in [3.63, 3.8) is 0 Å². The minimum absolute atomic E-state index is 0.0940. The molecule has 3 heterocycles. The second kappa shape index (κ2) is 5.98. The van der Waals surface area contributed by atoms with Crippen LogP contribution in [0.2, 0.25) is 0 Å². The van der Waals surface area contributed by atoms with Crippen molar-refractivity contribution < 1.29 is 4.79 Å². The summed E-state index contributed by atoms with van der Waals surface area (Å²) < 4.78 is 0. The van der Waals surface area contributed by atoms with Gasteiger partial charge >= 0.3 is 0 Å². The van der Waals surface area contributed by atoms with Gasteiger partial charge in [0.25, 0.3) is 5.91 Å². The zero-order chi connectivity index (χ0) is 14.8. The fourth-order valence-corrected chi connectivity index (χ4v) is 3.90. The Morgan fingerprint density at radius 1 is 1.48 bits per heavy atom. The van der Waals surface area contributed by atoms with E-state index < -0.39 is 0 Å². The van der Waals surface area contributed by atoms with Gasteiger partial charge in [-0.05, 0) is 12.8 Å². The van der Waals surface area contributed by atoms with E-state index in [9.17, 15) is 4.79 Å². The Morgan fingerprint density at radius 2 is 2.24 bits per heavy atom. The Morgan fingerprint density at radius 3 is 2.90 bits per heavy atom. The summed E-state index contributed by atoms with van der Waals surface area (Å²) in [6.45, 7) is 2.48. The van der Waals surface area contributed by atoms with Gasteiger partial charge in [-0.3, -0.25) is 4.79 Å². The summed E-state index contributed by atoms with van der Waals surface area (Å²) in [5, 5.41) is 2.80. The van der Waals surface area contributed by atoms with Crippen LogP contribution in [-0.4, -0.2) is 40.9 Å². The molecule has 21 heavy (non-hydrogen) atoms. The van der Waals surface area contributed by atoms with Crippen LogP contribution in [0, 0.1) is 0 Å². The topological polar surface area (TPSA) is 75.4 Å². The SMILES string of the molecule is CN(Cc1cscn1)C(=O)c1sc(N2CCCC2)nc1N. The van der Waals surface area contributed by atoms with Crippen LogP contribution in [0.3, 0.4) is 0 Å². The van der Waals surface area contributed by atoms with E-state index in [1.807, 2.05) is 5.38 Å². The quantitative estimate of drug-likeness (QED) is 0.932. The van der Waals surface area contributed by atoms with Crippen LogP contribution in [0.1, 0.15) is 28.2 Å². The number of thiazole rings is 2. The van der Waals surface area contributed by atoms with Crippen molar-refractivity contribution in [1.82, 2.24) is 14.9 Å². The molecule has 2 aromatic heterocycles. The smallest absolute Gasteiger partial charge is 0.267 e. The number of rotatable bonds is 4. The van der Waals surface area contributed by atoms with Gasteiger partial charge < -0.3 is 15.5 Å². The van der Waals surface area contributed by atoms with Crippen molar-refractivity contribution in [2.45, 2.75) is 19.4 Å². The lowest BCUT2D eigenvalue weighted by Crippen LogP contribution is -2.26. The van der Waals surface area contributed by atoms with E-state index in [-0.39, 0.29) is 5.91 Å². The first-order chi connectivity index (χ1) is 10.1. The number of hydrogen-bond acceptors (Lipinski definition) is 7. The Balaban J connectivity index is 1.74. The summed E-state index contributed by atoms with van der Waals surface area (Å²) in [6.07, 6.45) is 2.35. The molecule has 1 aliphatic rings. The number of hydrogen-bond donors (Lipinski definition) is 1. The molecule has 1 amide bonds. The molecule has 0 unspecified atom stereocenters. The first-order valence-corrected chi connectivity index (χ1v) is 8.55. The first-order valence-electron chi connectivity index (χ1n) is 6.79. The Hall–Kier alpha value is -1.67. The third-order valence-corrected chi connectivity index (χ3v) is 5.20.